The van der Waals surface area contributed by atoms with Gasteiger partial charge in [-0.05, 0) is 25.0 Å². The van der Waals surface area contributed by atoms with E-state index < -0.39 is 5.97 Å². The van der Waals surface area contributed by atoms with Gasteiger partial charge in [0, 0.05) is 16.2 Å². The predicted octanol–water partition coefficient (Wildman–Crippen LogP) is 1.97. The van der Waals surface area contributed by atoms with Gasteiger partial charge in [0.15, 0.2) is 0 Å². The molecule has 0 aromatic heterocycles. The molecule has 1 fully saturated rings. The minimum absolute atomic E-state index is 0.196. The highest BCUT2D eigenvalue weighted by Crippen LogP contribution is 2.37. The number of benzene rings is 1. The summed E-state index contributed by atoms with van der Waals surface area (Å²) in [6.45, 7) is 0. The summed E-state index contributed by atoms with van der Waals surface area (Å²) in [5.41, 5.74) is 5.83. The third-order valence-corrected chi connectivity index (χ3v) is 4.19. The van der Waals surface area contributed by atoms with E-state index in [4.69, 9.17) is 10.8 Å². The zero-order valence-corrected chi connectivity index (χ0v) is 9.69. The molecule has 86 valence electrons. The van der Waals surface area contributed by atoms with Crippen LogP contribution in [0.3, 0.4) is 0 Å². The van der Waals surface area contributed by atoms with Crippen LogP contribution in [-0.2, 0) is 4.79 Å². The van der Waals surface area contributed by atoms with Crippen molar-refractivity contribution in [1.82, 2.24) is 0 Å². The van der Waals surface area contributed by atoms with Crippen LogP contribution in [0.5, 0.6) is 0 Å². The van der Waals surface area contributed by atoms with E-state index in [1.165, 1.54) is 4.90 Å². The predicted molar refractivity (Wildman–Crippen MR) is 64.4 cm³/mol. The SMILES string of the molecule is NC1CC(Sc2ccccc2)CC1C(=O)O. The maximum Gasteiger partial charge on any atom is 0.308 e. The van der Waals surface area contributed by atoms with Crippen LogP contribution in [0, 0.1) is 5.92 Å². The summed E-state index contributed by atoms with van der Waals surface area (Å²) in [7, 11) is 0. The van der Waals surface area contributed by atoms with Crippen molar-refractivity contribution in [3.8, 4) is 0 Å². The van der Waals surface area contributed by atoms with E-state index in [1.807, 2.05) is 30.3 Å². The maximum atomic E-state index is 10.9. The van der Waals surface area contributed by atoms with Gasteiger partial charge in [-0.25, -0.2) is 0 Å². The van der Waals surface area contributed by atoms with Crippen molar-refractivity contribution in [3.05, 3.63) is 30.3 Å². The molecule has 1 saturated carbocycles. The average molecular weight is 237 g/mol. The first kappa shape index (κ1) is 11.5. The Morgan fingerprint density at radius 1 is 1.31 bits per heavy atom. The molecule has 3 N–H and O–H groups in total. The van der Waals surface area contributed by atoms with Gasteiger partial charge >= 0.3 is 5.97 Å². The fourth-order valence-corrected chi connectivity index (χ4v) is 3.41. The molecule has 3 unspecified atom stereocenters. The Kier molecular flexibility index (Phi) is 3.51. The third kappa shape index (κ3) is 2.57. The molecule has 0 saturated heterocycles. The van der Waals surface area contributed by atoms with Gasteiger partial charge in [0.25, 0.3) is 0 Å². The molecule has 2 rings (SSSR count). The summed E-state index contributed by atoms with van der Waals surface area (Å²) in [6.07, 6.45) is 1.46. The Morgan fingerprint density at radius 3 is 2.56 bits per heavy atom. The Bertz CT molecular complexity index is 369. The molecule has 0 bridgehead atoms. The van der Waals surface area contributed by atoms with Crippen LogP contribution in [0.4, 0.5) is 0 Å². The van der Waals surface area contributed by atoms with E-state index in [1.54, 1.807) is 11.8 Å². The minimum atomic E-state index is -0.760. The highest BCUT2D eigenvalue weighted by Gasteiger charge is 2.36. The molecule has 16 heavy (non-hydrogen) atoms. The second-order valence-corrected chi connectivity index (χ2v) is 5.51. The van der Waals surface area contributed by atoms with Gasteiger partial charge in [0.05, 0.1) is 5.92 Å². The number of hydrogen-bond donors (Lipinski definition) is 2. The normalized spacial score (nSPS) is 29.2. The number of rotatable bonds is 3. The zero-order chi connectivity index (χ0) is 11.5. The molecule has 0 amide bonds. The van der Waals surface area contributed by atoms with Crippen LogP contribution in [0.1, 0.15) is 12.8 Å². The molecular weight excluding hydrogens is 222 g/mol. The fraction of sp³-hybridized carbons (Fsp3) is 0.417. The monoisotopic (exact) mass is 237 g/mol. The number of nitrogens with two attached hydrogens (primary N) is 1. The Hall–Kier alpha value is -1.00. The molecule has 0 heterocycles. The van der Waals surface area contributed by atoms with Crippen molar-refractivity contribution in [2.24, 2.45) is 11.7 Å². The third-order valence-electron chi connectivity index (χ3n) is 2.93. The van der Waals surface area contributed by atoms with Crippen LogP contribution in [0.15, 0.2) is 35.2 Å². The molecule has 0 radical (unpaired) electrons. The van der Waals surface area contributed by atoms with Crippen LogP contribution in [-0.4, -0.2) is 22.4 Å². The van der Waals surface area contributed by atoms with E-state index in [-0.39, 0.29) is 12.0 Å². The summed E-state index contributed by atoms with van der Waals surface area (Å²) in [5.74, 6) is -1.13. The number of aliphatic carboxylic acids is 1. The molecular formula is C12H15NO2S. The first-order valence-electron chi connectivity index (χ1n) is 5.37. The molecule has 1 aromatic rings. The lowest BCUT2D eigenvalue weighted by Crippen LogP contribution is -2.30. The highest BCUT2D eigenvalue weighted by atomic mass is 32.2. The van der Waals surface area contributed by atoms with E-state index in [0.29, 0.717) is 11.7 Å². The van der Waals surface area contributed by atoms with Crippen molar-refractivity contribution in [3.63, 3.8) is 0 Å². The zero-order valence-electron chi connectivity index (χ0n) is 8.87. The van der Waals surface area contributed by atoms with Crippen molar-refractivity contribution >= 4 is 17.7 Å². The molecule has 1 aromatic carbocycles. The standard InChI is InChI=1S/C12H15NO2S/c13-11-7-9(6-10(11)12(14)15)16-8-4-2-1-3-5-8/h1-5,9-11H,6-7,13H2,(H,14,15). The summed E-state index contributed by atoms with van der Waals surface area (Å²) in [4.78, 5) is 12.1. The van der Waals surface area contributed by atoms with Gasteiger partial charge < -0.3 is 10.8 Å². The van der Waals surface area contributed by atoms with Gasteiger partial charge in [-0.15, -0.1) is 11.8 Å². The van der Waals surface area contributed by atoms with Gasteiger partial charge in [0.2, 0.25) is 0 Å². The van der Waals surface area contributed by atoms with E-state index in [9.17, 15) is 4.79 Å². The second kappa shape index (κ2) is 4.89. The van der Waals surface area contributed by atoms with Crippen molar-refractivity contribution in [1.29, 1.82) is 0 Å². The van der Waals surface area contributed by atoms with E-state index >= 15 is 0 Å². The summed E-state index contributed by atoms with van der Waals surface area (Å²) in [5, 5.41) is 9.31. The van der Waals surface area contributed by atoms with Gasteiger partial charge in [-0.3, -0.25) is 4.79 Å². The first-order valence-corrected chi connectivity index (χ1v) is 6.25. The van der Waals surface area contributed by atoms with Crippen LogP contribution >= 0.6 is 11.8 Å². The average Bonchev–Trinajstić information content (AvgIpc) is 2.61. The molecule has 4 heteroatoms. The largest absolute Gasteiger partial charge is 0.481 e. The lowest BCUT2D eigenvalue weighted by atomic mass is 10.1. The lowest BCUT2D eigenvalue weighted by molar-refractivity contribution is -0.141. The molecule has 0 aliphatic heterocycles. The van der Waals surface area contributed by atoms with Gasteiger partial charge in [-0.2, -0.15) is 0 Å². The van der Waals surface area contributed by atoms with Crippen molar-refractivity contribution in [2.45, 2.75) is 29.0 Å². The van der Waals surface area contributed by atoms with Gasteiger partial charge in [0.1, 0.15) is 0 Å². The molecule has 0 spiro atoms. The number of carboxylic acid groups (broad SMARTS) is 1. The van der Waals surface area contributed by atoms with Crippen molar-refractivity contribution < 1.29 is 9.90 Å². The lowest BCUT2D eigenvalue weighted by Gasteiger charge is -2.08. The van der Waals surface area contributed by atoms with E-state index in [0.717, 1.165) is 6.42 Å². The number of carbonyl (C=O) groups is 1. The smallest absolute Gasteiger partial charge is 0.308 e. The number of carboxylic acids is 1. The van der Waals surface area contributed by atoms with Crippen LogP contribution in [0.2, 0.25) is 0 Å². The number of hydrogen-bond acceptors (Lipinski definition) is 3. The fourth-order valence-electron chi connectivity index (χ4n) is 2.09. The molecule has 3 atom stereocenters. The summed E-state index contributed by atoms with van der Waals surface area (Å²) >= 11 is 1.73. The second-order valence-electron chi connectivity index (χ2n) is 4.13. The van der Waals surface area contributed by atoms with E-state index in [2.05, 4.69) is 0 Å². The minimum Gasteiger partial charge on any atom is -0.481 e. The first-order chi connectivity index (χ1) is 7.66. The maximum absolute atomic E-state index is 10.9. The Labute approximate surface area is 99.0 Å². The van der Waals surface area contributed by atoms with Crippen LogP contribution in [0.25, 0.3) is 0 Å². The topological polar surface area (TPSA) is 63.3 Å². The molecule has 1 aliphatic carbocycles. The Balaban J connectivity index is 1.96. The molecule has 1 aliphatic rings. The quantitative estimate of drug-likeness (QED) is 0.843. The Morgan fingerprint density at radius 2 is 2.00 bits per heavy atom. The van der Waals surface area contributed by atoms with Crippen LogP contribution < -0.4 is 5.73 Å². The molecule has 3 nitrogen and oxygen atoms in total. The number of thioether (sulfide) groups is 1. The summed E-state index contributed by atoms with van der Waals surface area (Å²) in [6, 6.07) is 9.86. The summed E-state index contributed by atoms with van der Waals surface area (Å²) < 4.78 is 0. The van der Waals surface area contributed by atoms with Gasteiger partial charge in [-0.1, -0.05) is 18.2 Å². The van der Waals surface area contributed by atoms with Crippen molar-refractivity contribution in [2.75, 3.05) is 0 Å². The highest BCUT2D eigenvalue weighted by molar-refractivity contribution is 8.00.